The van der Waals surface area contributed by atoms with Gasteiger partial charge >= 0.3 is 11.9 Å². The summed E-state index contributed by atoms with van der Waals surface area (Å²) in [5, 5.41) is 63.0. The van der Waals surface area contributed by atoms with Crippen molar-refractivity contribution in [2.45, 2.75) is 43.1 Å². The van der Waals surface area contributed by atoms with Crippen LogP contribution in [0, 0.1) is 23.7 Å². The van der Waals surface area contributed by atoms with E-state index in [2.05, 4.69) is 11.9 Å². The number of aliphatic hydroxyl groups excluding tert-OH is 3. The minimum Gasteiger partial charge on any atom is -0.481 e. The molecule has 0 saturated carbocycles. The van der Waals surface area contributed by atoms with E-state index in [4.69, 9.17) is 23.7 Å². The van der Waals surface area contributed by atoms with Crippen LogP contribution in [-0.4, -0.2) is 138 Å². The standard InChI is InChI=1S/C27H42N2O13/c1-4-17-18(6-5-15-9-16(23(33)34)11-29(10-15)7-8-30)19(24(35)38-3)13-39-25(17)42-26-22(40-14-28-2)27(36,37)21(32)20(12-31)41-26/h4-6,13,15-18,20-22,25-26,28,30-32,36-37H,1,7-12,14H2,2-3H3,(H,33,34). The zero-order chi connectivity index (χ0) is 31.0. The molecule has 9 atom stereocenters. The van der Waals surface area contributed by atoms with Crippen molar-refractivity contribution in [2.24, 2.45) is 23.7 Å². The molecule has 2 saturated heterocycles. The van der Waals surface area contributed by atoms with Crippen LogP contribution in [-0.2, 0) is 33.3 Å². The van der Waals surface area contributed by atoms with Crippen molar-refractivity contribution < 1.29 is 63.9 Å². The lowest BCUT2D eigenvalue weighted by atomic mass is 9.81. The van der Waals surface area contributed by atoms with Crippen LogP contribution in [0.15, 0.2) is 36.6 Å². The summed E-state index contributed by atoms with van der Waals surface area (Å²) < 4.78 is 27.7. The van der Waals surface area contributed by atoms with Gasteiger partial charge in [-0.15, -0.1) is 6.58 Å². The van der Waals surface area contributed by atoms with Gasteiger partial charge in [0.15, 0.2) is 12.4 Å². The Morgan fingerprint density at radius 3 is 2.57 bits per heavy atom. The number of hydrogen-bond donors (Lipinski definition) is 7. The Kier molecular flexibility index (Phi) is 12.4. The molecule has 2 fully saturated rings. The number of nitrogens with one attached hydrogen (secondary N) is 1. The van der Waals surface area contributed by atoms with Crippen LogP contribution in [0.25, 0.3) is 0 Å². The van der Waals surface area contributed by atoms with Gasteiger partial charge in [0.25, 0.3) is 0 Å². The van der Waals surface area contributed by atoms with Crippen molar-refractivity contribution in [2.75, 3.05) is 53.7 Å². The largest absolute Gasteiger partial charge is 0.481 e. The molecule has 238 valence electrons. The molecular weight excluding hydrogens is 560 g/mol. The molecule has 0 aromatic rings. The number of piperidine rings is 1. The molecule has 0 spiro atoms. The van der Waals surface area contributed by atoms with Crippen molar-refractivity contribution >= 4 is 11.9 Å². The molecule has 15 heteroatoms. The summed E-state index contributed by atoms with van der Waals surface area (Å²) in [7, 11) is 2.76. The highest BCUT2D eigenvalue weighted by molar-refractivity contribution is 5.89. The number of carboxylic acid groups (broad SMARTS) is 1. The van der Waals surface area contributed by atoms with Crippen molar-refractivity contribution in [3.05, 3.63) is 36.6 Å². The molecule has 3 aliphatic heterocycles. The number of hydrogen-bond acceptors (Lipinski definition) is 14. The topological polar surface area (TPSA) is 217 Å². The molecule has 0 aromatic carbocycles. The fourth-order valence-electron chi connectivity index (χ4n) is 5.47. The van der Waals surface area contributed by atoms with Crippen LogP contribution in [0.3, 0.4) is 0 Å². The quantitative estimate of drug-likeness (QED) is 0.0672. The molecule has 3 aliphatic rings. The number of ether oxygens (including phenoxy) is 5. The number of allylic oxidation sites excluding steroid dienone is 1. The van der Waals surface area contributed by atoms with Crippen molar-refractivity contribution in [3.63, 3.8) is 0 Å². The van der Waals surface area contributed by atoms with Crippen LogP contribution in [0.1, 0.15) is 6.42 Å². The van der Waals surface area contributed by atoms with Crippen LogP contribution in [0.4, 0.5) is 0 Å². The smallest absolute Gasteiger partial charge is 0.337 e. The van der Waals surface area contributed by atoms with E-state index >= 15 is 0 Å². The van der Waals surface area contributed by atoms with Gasteiger partial charge in [-0.25, -0.2) is 4.79 Å². The number of esters is 1. The molecule has 0 radical (unpaired) electrons. The first-order valence-electron chi connectivity index (χ1n) is 13.6. The van der Waals surface area contributed by atoms with Crippen molar-refractivity contribution in [1.29, 1.82) is 0 Å². The number of carbonyl (C=O) groups is 2. The first-order valence-corrected chi connectivity index (χ1v) is 13.6. The summed E-state index contributed by atoms with van der Waals surface area (Å²) in [6.45, 7) is 3.94. The third kappa shape index (κ3) is 7.74. The summed E-state index contributed by atoms with van der Waals surface area (Å²) >= 11 is 0. The zero-order valence-electron chi connectivity index (χ0n) is 23.7. The average Bonchev–Trinajstić information content (AvgIpc) is 2.97. The minimum absolute atomic E-state index is 0.116. The highest BCUT2D eigenvalue weighted by Crippen LogP contribution is 2.38. The molecule has 7 N–H and O–H groups in total. The number of methoxy groups -OCH3 is 1. The number of aliphatic carboxylic acids is 1. The van der Waals surface area contributed by atoms with Crippen LogP contribution in [0.5, 0.6) is 0 Å². The molecule has 3 rings (SSSR count). The van der Waals surface area contributed by atoms with E-state index in [1.54, 1.807) is 19.2 Å². The summed E-state index contributed by atoms with van der Waals surface area (Å²) in [5.74, 6) is -6.84. The molecule has 0 aromatic heterocycles. The fraction of sp³-hybridized carbons (Fsp3) is 0.704. The van der Waals surface area contributed by atoms with Gasteiger partial charge < -0.3 is 54.3 Å². The monoisotopic (exact) mass is 602 g/mol. The van der Waals surface area contributed by atoms with Gasteiger partial charge in [0.1, 0.15) is 12.2 Å². The first-order chi connectivity index (χ1) is 20.0. The van der Waals surface area contributed by atoms with E-state index in [-0.39, 0.29) is 24.8 Å². The highest BCUT2D eigenvalue weighted by Gasteiger charge is 2.57. The molecule has 42 heavy (non-hydrogen) atoms. The van der Waals surface area contributed by atoms with E-state index in [0.29, 0.717) is 26.1 Å². The fourth-order valence-corrected chi connectivity index (χ4v) is 5.47. The van der Waals surface area contributed by atoms with E-state index in [1.165, 1.54) is 13.2 Å². The maximum Gasteiger partial charge on any atom is 0.337 e. The SMILES string of the molecule is C=CC1C(OC2OC(CO)C(O)C(O)(O)C2OCNC)OC=C(C(=O)OC)C1C=CC1CC(C(=O)O)CN(CCO)C1. The Morgan fingerprint density at radius 1 is 1.24 bits per heavy atom. The van der Waals surface area contributed by atoms with E-state index in [0.717, 1.165) is 6.26 Å². The molecule has 15 nitrogen and oxygen atoms in total. The van der Waals surface area contributed by atoms with Crippen molar-refractivity contribution in [1.82, 2.24) is 10.2 Å². The molecule has 0 bridgehead atoms. The highest BCUT2D eigenvalue weighted by atomic mass is 16.8. The van der Waals surface area contributed by atoms with Crippen LogP contribution >= 0.6 is 0 Å². The third-order valence-corrected chi connectivity index (χ3v) is 7.64. The number of nitrogens with zero attached hydrogens (tertiary/aromatic N) is 1. The minimum atomic E-state index is -2.88. The third-order valence-electron chi connectivity index (χ3n) is 7.64. The maximum atomic E-state index is 12.7. The van der Waals surface area contributed by atoms with Gasteiger partial charge in [0.2, 0.25) is 12.1 Å². The predicted molar refractivity (Wildman–Crippen MR) is 143 cm³/mol. The molecule has 0 amide bonds. The van der Waals surface area contributed by atoms with Crippen LogP contribution < -0.4 is 5.32 Å². The zero-order valence-corrected chi connectivity index (χ0v) is 23.7. The Labute approximate surface area is 243 Å². The summed E-state index contributed by atoms with van der Waals surface area (Å²) in [6.07, 6.45) is -1.27. The van der Waals surface area contributed by atoms with Crippen molar-refractivity contribution in [3.8, 4) is 0 Å². The molecule has 3 heterocycles. The number of aliphatic hydroxyl groups is 5. The van der Waals surface area contributed by atoms with Gasteiger partial charge in [-0.1, -0.05) is 18.2 Å². The lowest BCUT2D eigenvalue weighted by Crippen LogP contribution is -2.69. The number of carbonyl (C=O) groups excluding carboxylic acids is 1. The Morgan fingerprint density at radius 2 is 1.98 bits per heavy atom. The Hall–Kier alpha value is -2.44. The maximum absolute atomic E-state index is 12.7. The Balaban J connectivity index is 1.90. The number of likely N-dealkylation sites (tertiary alicyclic amines) is 1. The van der Waals surface area contributed by atoms with E-state index < -0.39 is 73.0 Å². The predicted octanol–water partition coefficient (Wildman–Crippen LogP) is -2.27. The second-order valence-corrected chi connectivity index (χ2v) is 10.5. The second-order valence-electron chi connectivity index (χ2n) is 10.5. The first kappa shape index (κ1) is 34.1. The number of β-amino-alcohol motifs (C(OH)–C–C–N with tert-alkyl or cyclic N) is 1. The lowest BCUT2D eigenvalue weighted by molar-refractivity contribution is -0.410. The van der Waals surface area contributed by atoms with E-state index in [9.17, 15) is 40.2 Å². The van der Waals surface area contributed by atoms with Gasteiger partial charge in [0, 0.05) is 25.6 Å². The van der Waals surface area contributed by atoms with Gasteiger partial charge in [0.05, 0.1) is 50.7 Å². The molecule has 9 unspecified atom stereocenters. The second kappa shape index (κ2) is 15.3. The average molecular weight is 603 g/mol. The number of rotatable bonds is 13. The summed E-state index contributed by atoms with van der Waals surface area (Å²) in [4.78, 5) is 26.3. The normalized spacial score (nSPS) is 35.3. The molecular formula is C27H42N2O13. The van der Waals surface area contributed by atoms with Gasteiger partial charge in [-0.2, -0.15) is 0 Å². The number of carboxylic acids is 1. The lowest BCUT2D eigenvalue weighted by Gasteiger charge is -2.47. The van der Waals surface area contributed by atoms with Gasteiger partial charge in [-0.3, -0.25) is 15.0 Å². The molecule has 0 aliphatic carbocycles. The van der Waals surface area contributed by atoms with Crippen LogP contribution in [0.2, 0.25) is 0 Å². The Bertz CT molecular complexity index is 989. The van der Waals surface area contributed by atoms with E-state index in [1.807, 2.05) is 4.90 Å². The summed E-state index contributed by atoms with van der Waals surface area (Å²) in [5.41, 5.74) is 0.131. The van der Waals surface area contributed by atoms with Gasteiger partial charge in [-0.05, 0) is 19.4 Å². The summed E-state index contributed by atoms with van der Waals surface area (Å²) in [6, 6.07) is 0.